The van der Waals surface area contributed by atoms with Gasteiger partial charge in [0.2, 0.25) is 0 Å². The van der Waals surface area contributed by atoms with Gasteiger partial charge in [-0.3, -0.25) is 0 Å². The van der Waals surface area contributed by atoms with Crippen molar-refractivity contribution in [1.82, 2.24) is 0 Å². The van der Waals surface area contributed by atoms with Gasteiger partial charge in [-0.1, -0.05) is 78.1 Å². The zero-order valence-electron chi connectivity index (χ0n) is 13.4. The van der Waals surface area contributed by atoms with Gasteiger partial charge < -0.3 is 4.43 Å². The fourth-order valence-electron chi connectivity index (χ4n) is 4.90. The molecular formula is C17H34OSi. The van der Waals surface area contributed by atoms with Gasteiger partial charge in [0.05, 0.1) is 0 Å². The Bertz CT molecular complexity index is 234. The molecule has 0 bridgehead atoms. The predicted octanol–water partition coefficient (Wildman–Crippen LogP) is 5.90. The highest BCUT2D eigenvalue weighted by molar-refractivity contribution is 6.76. The van der Waals surface area contributed by atoms with E-state index in [0.717, 1.165) is 17.0 Å². The zero-order chi connectivity index (χ0) is 13.7. The molecule has 2 fully saturated rings. The zero-order valence-corrected chi connectivity index (χ0v) is 14.4. The lowest BCUT2D eigenvalue weighted by molar-refractivity contribution is 0.311. The van der Waals surface area contributed by atoms with Gasteiger partial charge in [0.15, 0.2) is 8.32 Å². The van der Waals surface area contributed by atoms with Crippen LogP contribution in [0.4, 0.5) is 0 Å². The van der Waals surface area contributed by atoms with Crippen LogP contribution in [-0.2, 0) is 4.43 Å². The second-order valence-corrected chi connectivity index (χ2v) is 11.8. The van der Waals surface area contributed by atoms with E-state index in [9.17, 15) is 0 Å². The molecule has 0 aromatic carbocycles. The molecule has 0 aromatic heterocycles. The first kappa shape index (κ1) is 15.6. The first-order valence-electron chi connectivity index (χ1n) is 8.74. The lowest BCUT2D eigenvalue weighted by atomic mass is 9.99. The first-order valence-corrected chi connectivity index (χ1v) is 11.0. The van der Waals surface area contributed by atoms with Crippen LogP contribution in [0.25, 0.3) is 0 Å². The summed E-state index contributed by atoms with van der Waals surface area (Å²) in [6, 6.07) is 1.42. The van der Waals surface area contributed by atoms with E-state index in [1.807, 2.05) is 0 Å². The van der Waals surface area contributed by atoms with Crippen molar-refractivity contribution in [3.05, 3.63) is 0 Å². The molecule has 2 heteroatoms. The Kier molecular flexibility index (Phi) is 5.95. The molecule has 2 saturated carbocycles. The van der Waals surface area contributed by atoms with Crippen molar-refractivity contribution in [2.45, 2.75) is 95.2 Å². The summed E-state index contributed by atoms with van der Waals surface area (Å²) < 4.78 is 6.47. The molecule has 0 heterocycles. The molecule has 2 aliphatic carbocycles. The average Bonchev–Trinajstić information content (AvgIpc) is 2.46. The number of rotatable bonds is 5. The third-order valence-electron chi connectivity index (χ3n) is 5.70. The van der Waals surface area contributed by atoms with Gasteiger partial charge in [0.25, 0.3) is 0 Å². The van der Waals surface area contributed by atoms with Crippen LogP contribution in [0.5, 0.6) is 0 Å². The summed E-state index contributed by atoms with van der Waals surface area (Å²) >= 11 is 0. The molecule has 0 saturated heterocycles. The molecule has 0 amide bonds. The van der Waals surface area contributed by atoms with Crippen molar-refractivity contribution >= 4 is 8.32 Å². The number of hydrogen-bond acceptors (Lipinski definition) is 1. The molecule has 0 radical (unpaired) electrons. The van der Waals surface area contributed by atoms with Crippen LogP contribution >= 0.6 is 0 Å². The fourth-order valence-corrected chi connectivity index (χ4v) is 11.1. The Morgan fingerprint density at radius 1 is 0.842 bits per heavy atom. The Morgan fingerprint density at radius 2 is 1.26 bits per heavy atom. The van der Waals surface area contributed by atoms with E-state index in [2.05, 4.69) is 21.0 Å². The van der Waals surface area contributed by atoms with E-state index in [4.69, 9.17) is 4.43 Å². The van der Waals surface area contributed by atoms with Crippen LogP contribution in [-0.4, -0.2) is 15.4 Å². The van der Waals surface area contributed by atoms with Crippen molar-refractivity contribution in [1.29, 1.82) is 0 Å². The first-order chi connectivity index (χ1) is 9.19. The third kappa shape index (κ3) is 3.63. The molecule has 0 N–H and O–H groups in total. The lowest BCUT2D eigenvalue weighted by Crippen LogP contribution is -2.49. The normalized spacial score (nSPS) is 24.0. The van der Waals surface area contributed by atoms with E-state index in [1.165, 1.54) is 70.3 Å². The summed E-state index contributed by atoms with van der Waals surface area (Å²) in [6.07, 6.45) is 14.7. The van der Waals surface area contributed by atoms with Gasteiger partial charge in [0, 0.05) is 7.11 Å². The summed E-state index contributed by atoms with van der Waals surface area (Å²) in [5.74, 6) is 0.815. The molecule has 0 spiro atoms. The van der Waals surface area contributed by atoms with Crippen LogP contribution in [0.3, 0.4) is 0 Å². The summed E-state index contributed by atoms with van der Waals surface area (Å²) in [6.45, 7) is 4.82. The Morgan fingerprint density at radius 3 is 1.58 bits per heavy atom. The maximum Gasteiger partial charge on any atom is 0.198 e. The van der Waals surface area contributed by atoms with Crippen molar-refractivity contribution in [3.8, 4) is 0 Å². The highest BCUT2D eigenvalue weighted by Gasteiger charge is 2.49. The second-order valence-electron chi connectivity index (χ2n) is 7.43. The second kappa shape index (κ2) is 7.26. The molecule has 2 rings (SSSR count). The topological polar surface area (TPSA) is 9.23 Å². The molecule has 19 heavy (non-hydrogen) atoms. The van der Waals surface area contributed by atoms with E-state index >= 15 is 0 Å². The Hall–Kier alpha value is 0.177. The van der Waals surface area contributed by atoms with E-state index < -0.39 is 8.32 Å². The minimum Gasteiger partial charge on any atom is -0.419 e. The largest absolute Gasteiger partial charge is 0.419 e. The van der Waals surface area contributed by atoms with Crippen molar-refractivity contribution in [2.24, 2.45) is 5.92 Å². The highest BCUT2D eigenvalue weighted by Crippen LogP contribution is 2.51. The molecule has 2 aliphatic rings. The highest BCUT2D eigenvalue weighted by atomic mass is 28.4. The minimum absolute atomic E-state index is 0.815. The SMILES string of the molecule is CO[Si](CC(C)C)(C1CCCCC1)C1CCCCC1. The van der Waals surface area contributed by atoms with Gasteiger partial charge in [-0.25, -0.2) is 0 Å². The average molecular weight is 283 g/mol. The van der Waals surface area contributed by atoms with Crippen LogP contribution in [0.2, 0.25) is 17.1 Å². The summed E-state index contributed by atoms with van der Waals surface area (Å²) in [4.78, 5) is 0. The maximum atomic E-state index is 6.47. The number of hydrogen-bond donors (Lipinski definition) is 0. The van der Waals surface area contributed by atoms with Crippen LogP contribution < -0.4 is 0 Å². The van der Waals surface area contributed by atoms with Crippen molar-refractivity contribution in [3.63, 3.8) is 0 Å². The summed E-state index contributed by atoms with van der Waals surface area (Å²) in [5.41, 5.74) is 1.94. The molecule has 0 atom stereocenters. The van der Waals surface area contributed by atoms with Crippen molar-refractivity contribution < 1.29 is 4.43 Å². The monoisotopic (exact) mass is 282 g/mol. The molecule has 0 aliphatic heterocycles. The fraction of sp³-hybridized carbons (Fsp3) is 1.00. The van der Waals surface area contributed by atoms with Gasteiger partial charge in [0.1, 0.15) is 0 Å². The molecular weight excluding hydrogens is 248 g/mol. The third-order valence-corrected chi connectivity index (χ3v) is 11.8. The standard InChI is InChI=1S/C17H34OSi/c1-15(2)14-19(18-3,16-10-6-4-7-11-16)17-12-8-5-9-13-17/h15-17H,4-14H2,1-3H3. The smallest absolute Gasteiger partial charge is 0.198 e. The Labute approximate surface area is 121 Å². The van der Waals surface area contributed by atoms with Crippen LogP contribution in [0.1, 0.15) is 78.1 Å². The molecule has 112 valence electrons. The van der Waals surface area contributed by atoms with E-state index in [-0.39, 0.29) is 0 Å². The Balaban J connectivity index is 2.17. The summed E-state index contributed by atoms with van der Waals surface area (Å²) in [5, 5.41) is 0. The molecule has 1 nitrogen and oxygen atoms in total. The van der Waals surface area contributed by atoms with Gasteiger partial charge in [-0.2, -0.15) is 0 Å². The van der Waals surface area contributed by atoms with E-state index in [0.29, 0.717) is 0 Å². The predicted molar refractivity (Wildman–Crippen MR) is 86.1 cm³/mol. The van der Waals surface area contributed by atoms with E-state index in [1.54, 1.807) is 0 Å². The van der Waals surface area contributed by atoms with Gasteiger partial charge in [-0.15, -0.1) is 0 Å². The quantitative estimate of drug-likeness (QED) is 0.570. The molecule has 0 unspecified atom stereocenters. The minimum atomic E-state index is -1.53. The van der Waals surface area contributed by atoms with Crippen LogP contribution in [0, 0.1) is 5.92 Å². The van der Waals surface area contributed by atoms with Crippen molar-refractivity contribution in [2.75, 3.05) is 7.11 Å². The van der Waals surface area contributed by atoms with Gasteiger partial charge in [-0.05, 0) is 23.0 Å². The summed E-state index contributed by atoms with van der Waals surface area (Å²) in [7, 11) is 0.536. The van der Waals surface area contributed by atoms with Gasteiger partial charge >= 0.3 is 0 Å². The lowest BCUT2D eigenvalue weighted by Gasteiger charge is -2.47. The van der Waals surface area contributed by atoms with Crippen LogP contribution in [0.15, 0.2) is 0 Å². The maximum absolute atomic E-state index is 6.47. The molecule has 0 aromatic rings.